The largest absolute Gasteiger partial charge is 0.493 e. The lowest BCUT2D eigenvalue weighted by Gasteiger charge is -2.15. The molecule has 0 bridgehead atoms. The van der Waals surface area contributed by atoms with Crippen LogP contribution in [0.3, 0.4) is 0 Å². The maximum absolute atomic E-state index is 13.4. The zero-order chi connectivity index (χ0) is 29.5. The van der Waals surface area contributed by atoms with Crippen LogP contribution in [0, 0.1) is 0 Å². The molecule has 0 spiro atoms. The predicted molar refractivity (Wildman–Crippen MR) is 150 cm³/mol. The van der Waals surface area contributed by atoms with E-state index in [1.165, 1.54) is 6.33 Å². The third-order valence-corrected chi connectivity index (χ3v) is 7.89. The van der Waals surface area contributed by atoms with Gasteiger partial charge >= 0.3 is 6.18 Å². The molecule has 222 valence electrons. The van der Waals surface area contributed by atoms with Gasteiger partial charge in [0.1, 0.15) is 23.5 Å². The third kappa shape index (κ3) is 6.30. The Morgan fingerprint density at radius 3 is 2.69 bits per heavy atom. The minimum absolute atomic E-state index is 0.0384. The number of halogens is 4. The van der Waals surface area contributed by atoms with Gasteiger partial charge in [0.2, 0.25) is 5.88 Å². The van der Waals surface area contributed by atoms with Gasteiger partial charge in [0.15, 0.2) is 11.2 Å². The summed E-state index contributed by atoms with van der Waals surface area (Å²) in [5, 5.41) is 10.0. The molecule has 0 amide bonds. The smallest absolute Gasteiger partial charge is 0.416 e. The zero-order valence-electron chi connectivity index (χ0n) is 22.9. The fraction of sp³-hybridized carbons (Fsp3) is 0.448. The van der Waals surface area contributed by atoms with Crippen LogP contribution in [0.4, 0.5) is 13.2 Å². The van der Waals surface area contributed by atoms with E-state index in [0.29, 0.717) is 52.4 Å². The molecule has 4 heterocycles. The van der Waals surface area contributed by atoms with Gasteiger partial charge < -0.3 is 24.0 Å². The van der Waals surface area contributed by atoms with Crippen LogP contribution < -0.4 is 9.47 Å². The number of hydrogen-bond donors (Lipinski definition) is 1. The number of aliphatic hydroxyl groups excluding tert-OH is 1. The van der Waals surface area contributed by atoms with Gasteiger partial charge in [-0.15, -0.1) is 0 Å². The summed E-state index contributed by atoms with van der Waals surface area (Å²) in [7, 11) is 0. The van der Waals surface area contributed by atoms with Gasteiger partial charge in [-0.1, -0.05) is 11.6 Å². The van der Waals surface area contributed by atoms with Crippen molar-refractivity contribution in [1.82, 2.24) is 29.4 Å². The van der Waals surface area contributed by atoms with E-state index in [9.17, 15) is 18.3 Å². The van der Waals surface area contributed by atoms with Crippen LogP contribution in [-0.4, -0.2) is 72.5 Å². The van der Waals surface area contributed by atoms with Crippen LogP contribution in [0.5, 0.6) is 11.6 Å². The fourth-order valence-electron chi connectivity index (χ4n) is 5.02. The first-order valence-electron chi connectivity index (χ1n) is 13.8. The number of β-amino-alcohol motifs (C(OH)–C–C–N with tert-alkyl or cyclic N) is 1. The first-order chi connectivity index (χ1) is 20.1. The topological polar surface area (TPSA) is 98.4 Å². The number of hydrogen-bond acceptors (Lipinski definition) is 8. The molecule has 6 rings (SSSR count). The summed E-state index contributed by atoms with van der Waals surface area (Å²) >= 11 is 6.74. The van der Waals surface area contributed by atoms with Gasteiger partial charge in [0.25, 0.3) is 0 Å². The van der Waals surface area contributed by atoms with Crippen molar-refractivity contribution in [3.63, 3.8) is 0 Å². The normalized spacial score (nSPS) is 18.5. The highest BCUT2D eigenvalue weighted by Crippen LogP contribution is 2.41. The molecule has 4 aromatic rings. The SMILES string of the molecule is CC1(Oc2ncnc3c2nc(-c2ccc(OCCCN4CC[C@@H](O)C4)cc2Cl)n3Cc2cc(C(F)(F)F)ccn2)CC1. The molecule has 1 saturated carbocycles. The van der Waals surface area contributed by atoms with Crippen molar-refractivity contribution in [2.75, 3.05) is 26.2 Å². The standard InChI is InChI=1S/C29H30ClF3N6O3/c1-28(7-8-28)42-27-24-26(35-17-36-27)39(15-19-13-18(5-9-34-19)29(31,32)33)25(37-24)22-4-3-21(14-23(22)30)41-12-2-10-38-11-6-20(40)16-38/h3-5,9,13-14,17,20,40H,2,6-8,10-12,15-16H2,1H3/t20-/m1/s1. The van der Waals surface area contributed by atoms with E-state index in [1.807, 2.05) is 6.92 Å². The second-order valence-electron chi connectivity index (χ2n) is 11.0. The second-order valence-corrected chi connectivity index (χ2v) is 11.5. The average Bonchev–Trinajstić information content (AvgIpc) is 3.34. The Balaban J connectivity index is 1.30. The Morgan fingerprint density at radius 2 is 1.98 bits per heavy atom. The Labute approximate surface area is 245 Å². The molecule has 42 heavy (non-hydrogen) atoms. The summed E-state index contributed by atoms with van der Waals surface area (Å²) < 4.78 is 54.0. The molecular weight excluding hydrogens is 573 g/mol. The van der Waals surface area contributed by atoms with Crippen LogP contribution in [0.15, 0.2) is 42.9 Å². The number of imidazole rings is 1. The van der Waals surface area contributed by atoms with Crippen LogP contribution in [0.2, 0.25) is 5.02 Å². The summed E-state index contributed by atoms with van der Waals surface area (Å²) in [6, 6.07) is 7.19. The minimum Gasteiger partial charge on any atom is -0.493 e. The van der Waals surface area contributed by atoms with Gasteiger partial charge in [-0.2, -0.15) is 18.2 Å². The number of rotatable bonds is 10. The number of alkyl halides is 3. The van der Waals surface area contributed by atoms with Crippen LogP contribution in [-0.2, 0) is 12.7 Å². The van der Waals surface area contributed by atoms with Crippen LogP contribution in [0.1, 0.15) is 43.9 Å². The van der Waals surface area contributed by atoms with Crippen molar-refractivity contribution in [1.29, 1.82) is 0 Å². The fourth-order valence-corrected chi connectivity index (χ4v) is 5.28. The Morgan fingerprint density at radius 1 is 1.14 bits per heavy atom. The predicted octanol–water partition coefficient (Wildman–Crippen LogP) is 5.38. The molecule has 2 aliphatic rings. The van der Waals surface area contributed by atoms with Crippen LogP contribution >= 0.6 is 11.6 Å². The number of pyridine rings is 1. The van der Waals surface area contributed by atoms with Gasteiger partial charge in [0.05, 0.1) is 35.5 Å². The monoisotopic (exact) mass is 602 g/mol. The van der Waals surface area contributed by atoms with Gasteiger partial charge in [0, 0.05) is 31.4 Å². The molecule has 1 atom stereocenters. The lowest BCUT2D eigenvalue weighted by molar-refractivity contribution is -0.137. The number of benzene rings is 1. The van der Waals surface area contributed by atoms with Crippen molar-refractivity contribution < 1.29 is 27.8 Å². The van der Waals surface area contributed by atoms with E-state index in [4.69, 9.17) is 26.1 Å². The number of fused-ring (bicyclic) bond motifs is 1. The number of nitrogens with zero attached hydrogens (tertiary/aromatic N) is 6. The average molecular weight is 603 g/mol. The molecule has 1 aromatic carbocycles. The molecule has 3 aromatic heterocycles. The van der Waals surface area contributed by atoms with Crippen molar-refractivity contribution in [3.05, 3.63) is 59.1 Å². The Bertz CT molecular complexity index is 1590. The lowest BCUT2D eigenvalue weighted by Crippen LogP contribution is -2.24. The van der Waals surface area contributed by atoms with Gasteiger partial charge in [-0.25, -0.2) is 9.97 Å². The van der Waals surface area contributed by atoms with Crippen molar-refractivity contribution >= 4 is 22.8 Å². The van der Waals surface area contributed by atoms with Crippen LogP contribution in [0.25, 0.3) is 22.6 Å². The van der Waals surface area contributed by atoms with E-state index in [2.05, 4.69) is 19.9 Å². The number of ether oxygens (including phenoxy) is 2. The molecular formula is C29H30ClF3N6O3. The minimum atomic E-state index is -4.50. The Kier molecular flexibility index (Phi) is 7.71. The molecule has 1 aliphatic heterocycles. The molecule has 9 nitrogen and oxygen atoms in total. The highest BCUT2D eigenvalue weighted by atomic mass is 35.5. The van der Waals surface area contributed by atoms with E-state index in [-0.39, 0.29) is 23.9 Å². The molecule has 0 radical (unpaired) electrons. The summed E-state index contributed by atoms with van der Waals surface area (Å²) in [4.78, 5) is 19.9. The molecule has 2 fully saturated rings. The summed E-state index contributed by atoms with van der Waals surface area (Å²) in [6.45, 7) is 4.83. The van der Waals surface area contributed by atoms with E-state index in [0.717, 1.165) is 57.1 Å². The quantitative estimate of drug-likeness (QED) is 0.242. The molecule has 1 N–H and O–H groups in total. The number of likely N-dealkylation sites (tertiary alicyclic amines) is 1. The zero-order valence-corrected chi connectivity index (χ0v) is 23.7. The first-order valence-corrected chi connectivity index (χ1v) is 14.2. The summed E-state index contributed by atoms with van der Waals surface area (Å²) in [6.07, 6.45) is 1.09. The number of aliphatic hydroxyl groups is 1. The number of aromatic nitrogens is 5. The summed E-state index contributed by atoms with van der Waals surface area (Å²) in [5.41, 5.74) is 0.377. The van der Waals surface area contributed by atoms with E-state index < -0.39 is 11.7 Å². The first kappa shape index (κ1) is 28.6. The molecule has 13 heteroatoms. The maximum Gasteiger partial charge on any atom is 0.416 e. The highest BCUT2D eigenvalue weighted by molar-refractivity contribution is 6.33. The van der Waals surface area contributed by atoms with E-state index in [1.54, 1.807) is 22.8 Å². The van der Waals surface area contributed by atoms with Gasteiger partial charge in [-0.05, 0) is 62.9 Å². The highest BCUT2D eigenvalue weighted by Gasteiger charge is 2.41. The third-order valence-electron chi connectivity index (χ3n) is 7.58. The molecule has 0 unspecified atom stereocenters. The van der Waals surface area contributed by atoms with Crippen molar-refractivity contribution in [3.8, 4) is 23.0 Å². The summed E-state index contributed by atoms with van der Waals surface area (Å²) in [5.74, 6) is 1.27. The second kappa shape index (κ2) is 11.3. The molecule has 1 aliphatic carbocycles. The lowest BCUT2D eigenvalue weighted by atomic mass is 10.2. The van der Waals surface area contributed by atoms with Crippen molar-refractivity contribution in [2.24, 2.45) is 0 Å². The van der Waals surface area contributed by atoms with Crippen molar-refractivity contribution in [2.45, 2.75) is 57.0 Å². The maximum atomic E-state index is 13.4. The Hall–Kier alpha value is -3.48. The molecule has 1 saturated heterocycles. The van der Waals surface area contributed by atoms with Gasteiger partial charge in [-0.3, -0.25) is 4.98 Å². The van der Waals surface area contributed by atoms with E-state index >= 15 is 0 Å².